The van der Waals surface area contributed by atoms with Gasteiger partial charge in [-0.3, -0.25) is 4.79 Å². The van der Waals surface area contributed by atoms with Crippen LogP contribution in [0, 0.1) is 0 Å². The Morgan fingerprint density at radius 1 is 1.07 bits per heavy atom. The maximum absolute atomic E-state index is 12.7. The second kappa shape index (κ2) is 8.68. The van der Waals surface area contributed by atoms with Crippen molar-refractivity contribution in [3.63, 3.8) is 0 Å². The number of halogens is 3. The molecule has 1 amide bonds. The lowest BCUT2D eigenvalue weighted by Crippen LogP contribution is -2.20. The molecular weight excluding hydrogens is 391 g/mol. The molecule has 1 heterocycles. The van der Waals surface area contributed by atoms with E-state index in [1.807, 2.05) is 0 Å². The van der Waals surface area contributed by atoms with E-state index in [4.69, 9.17) is 14.2 Å². The van der Waals surface area contributed by atoms with Crippen LogP contribution in [0.5, 0.6) is 11.5 Å². The summed E-state index contributed by atoms with van der Waals surface area (Å²) in [5.41, 5.74) is -0.209. The average molecular weight is 407 g/mol. The van der Waals surface area contributed by atoms with Crippen molar-refractivity contribution in [1.82, 2.24) is 0 Å². The summed E-state index contributed by atoms with van der Waals surface area (Å²) in [6, 6.07) is 9.31. The second-order valence-corrected chi connectivity index (χ2v) is 5.97. The number of ether oxygens (including phenoxy) is 3. The summed E-state index contributed by atoms with van der Waals surface area (Å²) in [6.07, 6.45) is -2.35. The van der Waals surface area contributed by atoms with Gasteiger partial charge in [0.15, 0.2) is 18.1 Å². The molecule has 0 spiro atoms. The molecule has 0 saturated heterocycles. The van der Waals surface area contributed by atoms with Gasteiger partial charge in [0.1, 0.15) is 13.2 Å². The first-order valence-electron chi connectivity index (χ1n) is 8.53. The number of hydrogen-bond acceptors (Lipinski definition) is 5. The average Bonchev–Trinajstić information content (AvgIpc) is 2.70. The fourth-order valence-corrected chi connectivity index (χ4v) is 2.49. The number of hydrogen-bond donors (Lipinski definition) is 1. The zero-order chi connectivity index (χ0) is 20.9. The Morgan fingerprint density at radius 2 is 1.83 bits per heavy atom. The molecule has 1 aliphatic heterocycles. The van der Waals surface area contributed by atoms with Gasteiger partial charge < -0.3 is 19.5 Å². The minimum Gasteiger partial charge on any atom is -0.486 e. The highest BCUT2D eigenvalue weighted by molar-refractivity contribution is 5.94. The minimum absolute atomic E-state index is 0.178. The van der Waals surface area contributed by atoms with Crippen LogP contribution >= 0.6 is 0 Å². The van der Waals surface area contributed by atoms with Crippen molar-refractivity contribution < 1.29 is 37.0 Å². The maximum atomic E-state index is 12.7. The van der Waals surface area contributed by atoms with Crippen molar-refractivity contribution in [2.24, 2.45) is 0 Å². The molecule has 1 aliphatic rings. The molecule has 0 atom stereocenters. The topological polar surface area (TPSA) is 73.9 Å². The number of carbonyl (C=O) groups is 2. The smallest absolute Gasteiger partial charge is 0.416 e. The van der Waals surface area contributed by atoms with E-state index in [1.54, 1.807) is 18.2 Å². The van der Waals surface area contributed by atoms with Gasteiger partial charge in [-0.05, 0) is 35.9 Å². The Morgan fingerprint density at radius 3 is 2.59 bits per heavy atom. The molecule has 0 aliphatic carbocycles. The van der Waals surface area contributed by atoms with Crippen molar-refractivity contribution in [2.75, 3.05) is 25.1 Å². The Balaban J connectivity index is 1.50. The van der Waals surface area contributed by atoms with Crippen LogP contribution in [0.1, 0.15) is 11.1 Å². The van der Waals surface area contributed by atoms with Crippen LogP contribution in [-0.2, 0) is 20.5 Å². The predicted molar refractivity (Wildman–Crippen MR) is 97.5 cm³/mol. The van der Waals surface area contributed by atoms with Crippen LogP contribution in [0.3, 0.4) is 0 Å². The van der Waals surface area contributed by atoms with E-state index in [-0.39, 0.29) is 5.56 Å². The van der Waals surface area contributed by atoms with Gasteiger partial charge in [-0.2, -0.15) is 13.2 Å². The molecule has 2 aromatic carbocycles. The molecule has 6 nitrogen and oxygen atoms in total. The third kappa shape index (κ3) is 5.74. The first kappa shape index (κ1) is 20.2. The first-order valence-corrected chi connectivity index (χ1v) is 8.53. The number of carbonyl (C=O) groups excluding carboxylic acids is 2. The SMILES string of the molecule is O=C(COC(=O)/C=C/c1cccc(C(F)(F)F)c1)Nc1ccc2c(c1)OCCO2. The number of rotatable bonds is 5. The number of anilines is 1. The zero-order valence-electron chi connectivity index (χ0n) is 15.0. The van der Waals surface area contributed by atoms with Crippen molar-refractivity contribution in [2.45, 2.75) is 6.18 Å². The van der Waals surface area contributed by atoms with Gasteiger partial charge in [0.05, 0.1) is 5.56 Å². The van der Waals surface area contributed by atoms with Gasteiger partial charge in [-0.25, -0.2) is 4.79 Å². The summed E-state index contributed by atoms with van der Waals surface area (Å²) < 4.78 is 53.6. The van der Waals surface area contributed by atoms with E-state index in [2.05, 4.69) is 5.32 Å². The first-order chi connectivity index (χ1) is 13.8. The van der Waals surface area contributed by atoms with Crippen LogP contribution < -0.4 is 14.8 Å². The van der Waals surface area contributed by atoms with E-state index in [0.29, 0.717) is 30.4 Å². The summed E-state index contributed by atoms with van der Waals surface area (Å²) in [5.74, 6) is -0.377. The molecule has 152 valence electrons. The quantitative estimate of drug-likeness (QED) is 0.605. The molecule has 0 fully saturated rings. The van der Waals surface area contributed by atoms with Crippen molar-refractivity contribution in [3.8, 4) is 11.5 Å². The largest absolute Gasteiger partial charge is 0.486 e. The summed E-state index contributed by atoms with van der Waals surface area (Å²) in [5, 5.41) is 2.54. The number of esters is 1. The standard InChI is InChI=1S/C20H16F3NO5/c21-20(22,23)14-3-1-2-13(10-14)4-7-19(26)29-12-18(25)24-15-5-6-16-17(11-15)28-9-8-27-16/h1-7,10-11H,8-9,12H2,(H,24,25)/b7-4+. The molecular formula is C20H16F3NO5. The van der Waals surface area contributed by atoms with Crippen LogP contribution in [0.15, 0.2) is 48.5 Å². The highest BCUT2D eigenvalue weighted by Crippen LogP contribution is 2.32. The molecule has 1 N–H and O–H groups in total. The van der Waals surface area contributed by atoms with E-state index in [1.165, 1.54) is 18.2 Å². The Bertz CT molecular complexity index is 940. The minimum atomic E-state index is -4.48. The Labute approximate surface area is 163 Å². The normalized spacial score (nSPS) is 13.2. The molecule has 3 rings (SSSR count). The van der Waals surface area contributed by atoms with Crippen LogP contribution in [0.25, 0.3) is 6.08 Å². The molecule has 0 saturated carbocycles. The maximum Gasteiger partial charge on any atom is 0.416 e. The molecule has 0 aromatic heterocycles. The number of fused-ring (bicyclic) bond motifs is 1. The molecule has 9 heteroatoms. The van der Waals surface area contributed by atoms with E-state index >= 15 is 0 Å². The molecule has 0 bridgehead atoms. The Hall–Kier alpha value is -3.49. The van der Waals surface area contributed by atoms with Gasteiger partial charge in [0.25, 0.3) is 5.91 Å². The van der Waals surface area contributed by atoms with Crippen molar-refractivity contribution >= 4 is 23.6 Å². The van der Waals surface area contributed by atoms with Crippen LogP contribution in [-0.4, -0.2) is 31.7 Å². The van der Waals surface area contributed by atoms with E-state index in [0.717, 1.165) is 18.2 Å². The van der Waals surface area contributed by atoms with Gasteiger partial charge in [0, 0.05) is 17.8 Å². The second-order valence-electron chi connectivity index (χ2n) is 5.97. The van der Waals surface area contributed by atoms with Gasteiger partial charge in [-0.1, -0.05) is 12.1 Å². The van der Waals surface area contributed by atoms with E-state index < -0.39 is 30.2 Å². The monoisotopic (exact) mass is 407 g/mol. The molecule has 2 aromatic rings. The lowest BCUT2D eigenvalue weighted by Gasteiger charge is -2.18. The summed E-state index contributed by atoms with van der Waals surface area (Å²) in [4.78, 5) is 23.6. The van der Waals surface area contributed by atoms with E-state index in [9.17, 15) is 22.8 Å². The number of amides is 1. The Kier molecular flexibility index (Phi) is 6.06. The predicted octanol–water partition coefficient (Wildman–Crippen LogP) is 3.67. The number of nitrogens with one attached hydrogen (secondary N) is 1. The lowest BCUT2D eigenvalue weighted by molar-refractivity contribution is -0.142. The fraction of sp³-hybridized carbons (Fsp3) is 0.200. The zero-order valence-corrected chi connectivity index (χ0v) is 15.0. The van der Waals surface area contributed by atoms with Crippen LogP contribution in [0.2, 0.25) is 0 Å². The van der Waals surface area contributed by atoms with Gasteiger partial charge in [0.2, 0.25) is 0 Å². The summed E-state index contributed by atoms with van der Waals surface area (Å²) in [6.45, 7) is 0.295. The number of alkyl halides is 3. The van der Waals surface area contributed by atoms with Gasteiger partial charge in [-0.15, -0.1) is 0 Å². The summed E-state index contributed by atoms with van der Waals surface area (Å²) >= 11 is 0. The fourth-order valence-electron chi connectivity index (χ4n) is 2.49. The van der Waals surface area contributed by atoms with Crippen molar-refractivity contribution in [3.05, 3.63) is 59.7 Å². The van der Waals surface area contributed by atoms with Crippen molar-refractivity contribution in [1.29, 1.82) is 0 Å². The molecule has 0 unspecified atom stereocenters. The third-order valence-corrected chi connectivity index (χ3v) is 3.80. The highest BCUT2D eigenvalue weighted by atomic mass is 19.4. The third-order valence-electron chi connectivity index (χ3n) is 3.80. The summed E-state index contributed by atoms with van der Waals surface area (Å²) in [7, 11) is 0. The highest BCUT2D eigenvalue weighted by Gasteiger charge is 2.30. The molecule has 29 heavy (non-hydrogen) atoms. The lowest BCUT2D eigenvalue weighted by atomic mass is 10.1. The van der Waals surface area contributed by atoms with Gasteiger partial charge >= 0.3 is 12.1 Å². The van der Waals surface area contributed by atoms with Crippen LogP contribution in [0.4, 0.5) is 18.9 Å². The molecule has 0 radical (unpaired) electrons. The number of benzene rings is 2.